The molecular weight excluding hydrogens is 456 g/mol. The second kappa shape index (κ2) is 12.5. The molecule has 0 saturated carbocycles. The summed E-state index contributed by atoms with van der Waals surface area (Å²) in [6, 6.07) is 13.3. The van der Waals surface area contributed by atoms with Gasteiger partial charge in [0.1, 0.15) is 11.8 Å². The van der Waals surface area contributed by atoms with Gasteiger partial charge >= 0.3 is 0 Å². The van der Waals surface area contributed by atoms with Crippen LogP contribution in [0.3, 0.4) is 0 Å². The van der Waals surface area contributed by atoms with E-state index in [2.05, 4.69) is 28.2 Å². The van der Waals surface area contributed by atoms with Crippen LogP contribution in [0.15, 0.2) is 46.9 Å². The van der Waals surface area contributed by atoms with E-state index in [9.17, 15) is 9.59 Å². The molecule has 1 atom stereocenters. The lowest BCUT2D eigenvalue weighted by molar-refractivity contribution is -0.143. The Morgan fingerprint density at radius 3 is 2.48 bits per heavy atom. The van der Waals surface area contributed by atoms with Gasteiger partial charge in [0, 0.05) is 13.1 Å². The van der Waals surface area contributed by atoms with Gasteiger partial charge in [-0.15, -0.1) is 0 Å². The van der Waals surface area contributed by atoms with E-state index in [-0.39, 0.29) is 18.4 Å². The fourth-order valence-electron chi connectivity index (χ4n) is 3.40. The number of hydrogen-bond acceptors (Lipinski definition) is 3. The van der Waals surface area contributed by atoms with E-state index >= 15 is 0 Å². The molecule has 0 aromatic heterocycles. The van der Waals surface area contributed by atoms with Crippen molar-refractivity contribution in [2.24, 2.45) is 0 Å². The van der Waals surface area contributed by atoms with Crippen LogP contribution in [0.25, 0.3) is 0 Å². The van der Waals surface area contributed by atoms with Gasteiger partial charge in [-0.25, -0.2) is 0 Å². The zero-order chi connectivity index (χ0) is 22.8. The summed E-state index contributed by atoms with van der Waals surface area (Å²) in [6.45, 7) is 8.85. The van der Waals surface area contributed by atoms with Gasteiger partial charge in [-0.1, -0.05) is 56.7 Å². The Kier molecular flexibility index (Phi) is 10.0. The molecule has 0 aliphatic rings. The number of aryl methyl sites for hydroxylation is 2. The quantitative estimate of drug-likeness (QED) is 0.482. The Hall–Kier alpha value is -2.34. The van der Waals surface area contributed by atoms with Gasteiger partial charge in [-0.05, 0) is 65.4 Å². The Morgan fingerprint density at radius 2 is 1.87 bits per heavy atom. The van der Waals surface area contributed by atoms with Crippen LogP contribution in [-0.4, -0.2) is 35.9 Å². The predicted molar refractivity (Wildman–Crippen MR) is 128 cm³/mol. The van der Waals surface area contributed by atoms with Crippen molar-refractivity contribution in [2.45, 2.75) is 59.5 Å². The first-order valence-electron chi connectivity index (χ1n) is 10.9. The van der Waals surface area contributed by atoms with Crippen molar-refractivity contribution >= 4 is 27.7 Å². The number of benzene rings is 2. The standard InChI is InChI=1S/C25H33BrN2O3/c1-5-13-27-25(30)22(7-3)28(16-20-10-8-9-18(4)14-20)24(29)17-31-23-12-11-19(6-2)15-21(23)26/h8-12,14-15,22H,5-7,13,16-17H2,1-4H3,(H,27,30)/t22-/m1/s1. The third-order valence-electron chi connectivity index (χ3n) is 5.13. The molecule has 31 heavy (non-hydrogen) atoms. The van der Waals surface area contributed by atoms with Crippen LogP contribution in [0.2, 0.25) is 0 Å². The lowest BCUT2D eigenvalue weighted by Crippen LogP contribution is -2.50. The predicted octanol–water partition coefficient (Wildman–Crippen LogP) is 5.03. The summed E-state index contributed by atoms with van der Waals surface area (Å²) in [6.07, 6.45) is 2.30. The molecule has 2 aromatic rings. The molecule has 2 aromatic carbocycles. The molecule has 0 aliphatic heterocycles. The first-order chi connectivity index (χ1) is 14.9. The SMILES string of the molecule is CCCNC(=O)[C@@H](CC)N(Cc1cccc(C)c1)C(=O)COc1ccc(CC)cc1Br. The summed E-state index contributed by atoms with van der Waals surface area (Å²) in [5.74, 6) is 0.273. The highest BCUT2D eigenvalue weighted by Crippen LogP contribution is 2.26. The first kappa shape index (κ1) is 24.9. The minimum atomic E-state index is -0.547. The molecule has 0 heterocycles. The van der Waals surface area contributed by atoms with E-state index in [1.54, 1.807) is 4.90 Å². The zero-order valence-electron chi connectivity index (χ0n) is 18.9. The summed E-state index contributed by atoms with van der Waals surface area (Å²) < 4.78 is 6.64. The highest BCUT2D eigenvalue weighted by Gasteiger charge is 2.28. The van der Waals surface area contributed by atoms with Crippen molar-refractivity contribution in [1.82, 2.24) is 10.2 Å². The minimum Gasteiger partial charge on any atom is -0.483 e. The summed E-state index contributed by atoms with van der Waals surface area (Å²) in [5.41, 5.74) is 3.29. The largest absolute Gasteiger partial charge is 0.483 e. The van der Waals surface area contributed by atoms with Crippen LogP contribution in [0.4, 0.5) is 0 Å². The lowest BCUT2D eigenvalue weighted by atomic mass is 10.1. The third kappa shape index (κ3) is 7.39. The Balaban J connectivity index is 2.21. The Bertz CT molecular complexity index is 885. The molecular formula is C25H33BrN2O3. The molecule has 0 spiro atoms. The van der Waals surface area contributed by atoms with Gasteiger partial charge in [0.25, 0.3) is 5.91 Å². The molecule has 168 valence electrons. The number of halogens is 1. The highest BCUT2D eigenvalue weighted by atomic mass is 79.9. The molecule has 2 rings (SSSR count). The van der Waals surface area contributed by atoms with Crippen molar-refractivity contribution in [3.8, 4) is 5.75 Å². The third-order valence-corrected chi connectivity index (χ3v) is 5.75. The smallest absolute Gasteiger partial charge is 0.261 e. The molecule has 5 nitrogen and oxygen atoms in total. The van der Waals surface area contributed by atoms with Gasteiger partial charge in [-0.2, -0.15) is 0 Å². The number of ether oxygens (including phenoxy) is 1. The maximum absolute atomic E-state index is 13.2. The van der Waals surface area contributed by atoms with E-state index in [0.717, 1.165) is 28.4 Å². The maximum Gasteiger partial charge on any atom is 0.261 e. The molecule has 0 bridgehead atoms. The average molecular weight is 489 g/mol. The molecule has 0 fully saturated rings. The molecule has 0 aliphatic carbocycles. The van der Waals surface area contributed by atoms with Crippen molar-refractivity contribution < 1.29 is 14.3 Å². The maximum atomic E-state index is 13.2. The topological polar surface area (TPSA) is 58.6 Å². The number of nitrogens with one attached hydrogen (secondary N) is 1. The Labute approximate surface area is 194 Å². The van der Waals surface area contributed by atoms with Gasteiger partial charge in [-0.3, -0.25) is 9.59 Å². The lowest BCUT2D eigenvalue weighted by Gasteiger charge is -2.30. The molecule has 6 heteroatoms. The molecule has 0 radical (unpaired) electrons. The highest BCUT2D eigenvalue weighted by molar-refractivity contribution is 9.10. The summed E-state index contributed by atoms with van der Waals surface area (Å²) in [7, 11) is 0. The number of carbonyl (C=O) groups excluding carboxylic acids is 2. The van der Waals surface area contributed by atoms with E-state index in [4.69, 9.17) is 4.74 Å². The van der Waals surface area contributed by atoms with Crippen molar-refractivity contribution in [2.75, 3.05) is 13.2 Å². The zero-order valence-corrected chi connectivity index (χ0v) is 20.5. The van der Waals surface area contributed by atoms with E-state index in [1.165, 1.54) is 5.56 Å². The second-order valence-electron chi connectivity index (χ2n) is 7.63. The van der Waals surface area contributed by atoms with Crippen molar-refractivity contribution in [3.63, 3.8) is 0 Å². The van der Waals surface area contributed by atoms with Gasteiger partial charge < -0.3 is 15.0 Å². The number of carbonyl (C=O) groups is 2. The van der Waals surface area contributed by atoms with Gasteiger partial charge in [0.05, 0.1) is 4.47 Å². The van der Waals surface area contributed by atoms with E-state index < -0.39 is 6.04 Å². The Morgan fingerprint density at radius 1 is 1.10 bits per heavy atom. The van der Waals surface area contributed by atoms with Gasteiger partial charge in [0.2, 0.25) is 5.91 Å². The molecule has 0 unspecified atom stereocenters. The molecule has 0 saturated heterocycles. The number of hydrogen-bond donors (Lipinski definition) is 1. The second-order valence-corrected chi connectivity index (χ2v) is 8.49. The van der Waals surface area contributed by atoms with Gasteiger partial charge in [0.15, 0.2) is 6.61 Å². The number of rotatable bonds is 11. The fourth-order valence-corrected chi connectivity index (χ4v) is 3.94. The number of amides is 2. The monoisotopic (exact) mass is 488 g/mol. The fraction of sp³-hybridized carbons (Fsp3) is 0.440. The van der Waals surface area contributed by atoms with Crippen LogP contribution in [0, 0.1) is 6.92 Å². The number of nitrogens with zero attached hydrogens (tertiary/aromatic N) is 1. The van der Waals surface area contributed by atoms with Crippen molar-refractivity contribution in [3.05, 3.63) is 63.6 Å². The normalized spacial score (nSPS) is 11.6. The molecule has 2 amide bonds. The molecule has 1 N–H and O–H groups in total. The van der Waals surface area contributed by atoms with E-state index in [0.29, 0.717) is 25.3 Å². The summed E-state index contributed by atoms with van der Waals surface area (Å²) in [4.78, 5) is 27.6. The van der Waals surface area contributed by atoms with Crippen LogP contribution in [0.5, 0.6) is 5.75 Å². The average Bonchev–Trinajstić information content (AvgIpc) is 2.76. The summed E-state index contributed by atoms with van der Waals surface area (Å²) >= 11 is 3.52. The van der Waals surface area contributed by atoms with Crippen molar-refractivity contribution in [1.29, 1.82) is 0 Å². The van der Waals surface area contributed by atoms with Crippen LogP contribution < -0.4 is 10.1 Å². The van der Waals surface area contributed by atoms with Crippen LogP contribution >= 0.6 is 15.9 Å². The minimum absolute atomic E-state index is 0.126. The first-order valence-corrected chi connectivity index (χ1v) is 11.7. The van der Waals surface area contributed by atoms with E-state index in [1.807, 2.05) is 63.2 Å². The summed E-state index contributed by atoms with van der Waals surface area (Å²) in [5, 5.41) is 2.93. The van der Waals surface area contributed by atoms with Crippen LogP contribution in [-0.2, 0) is 22.6 Å². The van der Waals surface area contributed by atoms with Crippen LogP contribution in [0.1, 0.15) is 50.3 Å².